The number of rotatable bonds is 6. The summed E-state index contributed by atoms with van der Waals surface area (Å²) in [5, 5.41) is -0.872. The lowest BCUT2D eigenvalue weighted by Gasteiger charge is -2.18. The summed E-state index contributed by atoms with van der Waals surface area (Å²) in [6, 6.07) is -0.258. The highest BCUT2D eigenvalue weighted by Gasteiger charge is 2.24. The Kier molecular flexibility index (Phi) is 4.61. The zero-order chi connectivity index (χ0) is 13.1. The fraction of sp³-hybridized carbons (Fsp3) is 0.556. The van der Waals surface area contributed by atoms with Crippen molar-refractivity contribution in [2.75, 3.05) is 0 Å². The van der Waals surface area contributed by atoms with Gasteiger partial charge in [-0.2, -0.15) is 0 Å². The normalized spacial score (nSPS) is 15.4. The van der Waals surface area contributed by atoms with Crippen molar-refractivity contribution in [2.24, 2.45) is 5.73 Å². The molecule has 0 aliphatic carbocycles. The maximum absolute atomic E-state index is 11.8. The van der Waals surface area contributed by atoms with Gasteiger partial charge in [0.1, 0.15) is 5.25 Å². The van der Waals surface area contributed by atoms with Crippen molar-refractivity contribution < 1.29 is 8.42 Å². The van der Waals surface area contributed by atoms with E-state index in [2.05, 4.69) is 21.9 Å². The number of hydrogen-bond donors (Lipinski definition) is 2. The van der Waals surface area contributed by atoms with Gasteiger partial charge in [-0.15, -0.1) is 0 Å². The van der Waals surface area contributed by atoms with Gasteiger partial charge in [0, 0.05) is 25.0 Å². The van der Waals surface area contributed by atoms with Crippen LogP contribution in [0, 0.1) is 0 Å². The van der Waals surface area contributed by atoms with Gasteiger partial charge in [0.2, 0.25) is 10.0 Å². The predicted octanol–water partition coefficient (Wildman–Crippen LogP) is -0.134. The Morgan fingerprint density at radius 2 is 2.24 bits per heavy atom. The lowest BCUT2D eigenvalue weighted by Crippen LogP contribution is -2.44. The monoisotopic (exact) mass is 276 g/mol. The minimum atomic E-state index is -3.51. The van der Waals surface area contributed by atoms with Crippen LogP contribution in [0.25, 0.3) is 0 Å². The Bertz CT molecular complexity index is 469. The molecular formula is C9H16N4O2S2. The van der Waals surface area contributed by atoms with Gasteiger partial charge in [-0.05, 0) is 13.8 Å². The van der Waals surface area contributed by atoms with Crippen molar-refractivity contribution in [3.8, 4) is 0 Å². The zero-order valence-electron chi connectivity index (χ0n) is 9.70. The van der Waals surface area contributed by atoms with Crippen LogP contribution in [0.1, 0.15) is 13.8 Å². The van der Waals surface area contributed by atoms with E-state index in [1.807, 2.05) is 0 Å². The molecule has 0 fully saturated rings. The summed E-state index contributed by atoms with van der Waals surface area (Å²) in [6.07, 6.45) is 5.03. The van der Waals surface area contributed by atoms with Crippen LogP contribution < -0.4 is 10.5 Å². The minimum Gasteiger partial charge on any atom is -0.392 e. The molecule has 1 aromatic heterocycles. The minimum absolute atomic E-state index is 0.0349. The lowest BCUT2D eigenvalue weighted by molar-refractivity contribution is 0.518. The van der Waals surface area contributed by atoms with E-state index in [0.29, 0.717) is 6.54 Å². The van der Waals surface area contributed by atoms with E-state index < -0.39 is 15.3 Å². The van der Waals surface area contributed by atoms with Gasteiger partial charge >= 0.3 is 0 Å². The Labute approximate surface area is 106 Å². The summed E-state index contributed by atoms with van der Waals surface area (Å²) in [5.41, 5.74) is 5.33. The fourth-order valence-electron chi connectivity index (χ4n) is 1.28. The molecule has 0 bridgehead atoms. The van der Waals surface area contributed by atoms with Crippen LogP contribution in [0.2, 0.25) is 0 Å². The Morgan fingerprint density at radius 1 is 1.59 bits per heavy atom. The number of nitrogens with zero attached hydrogens (tertiary/aromatic N) is 2. The summed E-state index contributed by atoms with van der Waals surface area (Å²) < 4.78 is 27.9. The van der Waals surface area contributed by atoms with Crippen LogP contribution in [0.3, 0.4) is 0 Å². The maximum atomic E-state index is 11.8. The highest BCUT2D eigenvalue weighted by molar-refractivity contribution is 7.93. The number of aromatic nitrogens is 2. The summed E-state index contributed by atoms with van der Waals surface area (Å²) in [7, 11) is -3.51. The van der Waals surface area contributed by atoms with E-state index >= 15 is 0 Å². The Hall–Kier alpha value is -0.990. The van der Waals surface area contributed by atoms with Gasteiger partial charge in [-0.3, -0.25) is 0 Å². The molecule has 6 nitrogen and oxygen atoms in total. The van der Waals surface area contributed by atoms with Crippen LogP contribution in [-0.4, -0.2) is 34.2 Å². The zero-order valence-corrected chi connectivity index (χ0v) is 11.3. The quantitative estimate of drug-likeness (QED) is 0.706. The smallest absolute Gasteiger partial charge is 0.221 e. The molecular weight excluding hydrogens is 260 g/mol. The number of thiocarbonyl (C=S) groups is 1. The van der Waals surface area contributed by atoms with Crippen molar-refractivity contribution in [3.05, 3.63) is 18.7 Å². The average molecular weight is 276 g/mol. The van der Waals surface area contributed by atoms with Crippen LogP contribution in [-0.2, 0) is 16.6 Å². The van der Waals surface area contributed by atoms with Crippen LogP contribution >= 0.6 is 12.2 Å². The number of nitrogens with one attached hydrogen (secondary N) is 1. The lowest BCUT2D eigenvalue weighted by atomic mass is 10.4. The van der Waals surface area contributed by atoms with Gasteiger partial charge in [0.15, 0.2) is 0 Å². The molecule has 1 aromatic rings. The third-order valence-electron chi connectivity index (χ3n) is 2.28. The Balaban J connectivity index is 2.62. The van der Waals surface area contributed by atoms with Gasteiger partial charge < -0.3 is 10.3 Å². The number of nitrogens with two attached hydrogens (primary N) is 1. The SMILES string of the molecule is CC(Cn1ccnc1)NS(=O)(=O)C(C)C(N)=S. The van der Waals surface area contributed by atoms with Gasteiger partial charge in [0.05, 0.1) is 11.3 Å². The van der Waals surface area contributed by atoms with Crippen LogP contribution in [0.5, 0.6) is 0 Å². The molecule has 0 aliphatic rings. The summed E-state index contributed by atoms with van der Waals surface area (Å²) in [6.45, 7) is 3.74. The highest BCUT2D eigenvalue weighted by atomic mass is 32.2. The van der Waals surface area contributed by atoms with Crippen molar-refractivity contribution in [1.29, 1.82) is 0 Å². The summed E-state index contributed by atoms with van der Waals surface area (Å²) >= 11 is 4.68. The third-order valence-corrected chi connectivity index (χ3v) is 4.69. The topological polar surface area (TPSA) is 90.0 Å². The van der Waals surface area contributed by atoms with Crippen molar-refractivity contribution >= 4 is 27.2 Å². The van der Waals surface area contributed by atoms with E-state index in [4.69, 9.17) is 5.73 Å². The second-order valence-corrected chi connectivity index (χ2v) is 6.37. The van der Waals surface area contributed by atoms with Crippen molar-refractivity contribution in [2.45, 2.75) is 31.7 Å². The summed E-state index contributed by atoms with van der Waals surface area (Å²) in [5.74, 6) is 0. The fourth-order valence-corrected chi connectivity index (χ4v) is 2.81. The molecule has 0 saturated carbocycles. The first kappa shape index (κ1) is 14.1. The van der Waals surface area contributed by atoms with Crippen LogP contribution in [0.4, 0.5) is 0 Å². The average Bonchev–Trinajstić information content (AvgIpc) is 2.67. The molecule has 0 aliphatic heterocycles. The molecule has 1 rings (SSSR count). The summed E-state index contributed by atoms with van der Waals surface area (Å²) in [4.78, 5) is 3.85. The molecule has 0 aromatic carbocycles. The molecule has 2 unspecified atom stereocenters. The van der Waals surface area contributed by atoms with E-state index in [1.54, 1.807) is 30.2 Å². The van der Waals surface area contributed by atoms with Crippen molar-refractivity contribution in [3.63, 3.8) is 0 Å². The molecule has 0 spiro atoms. The van der Waals surface area contributed by atoms with E-state index in [0.717, 1.165) is 0 Å². The standard InChI is InChI=1S/C9H16N4O2S2/c1-7(5-13-4-3-11-6-13)12-17(14,15)8(2)9(10)16/h3-4,6-8,12H,5H2,1-2H3,(H2,10,16). The maximum Gasteiger partial charge on any atom is 0.221 e. The molecule has 96 valence electrons. The number of imidazole rings is 1. The first-order chi connectivity index (χ1) is 7.83. The molecule has 2 atom stereocenters. The first-order valence-electron chi connectivity index (χ1n) is 5.09. The largest absolute Gasteiger partial charge is 0.392 e. The number of hydrogen-bond acceptors (Lipinski definition) is 4. The van der Waals surface area contributed by atoms with Gasteiger partial charge in [-0.1, -0.05) is 12.2 Å². The molecule has 0 saturated heterocycles. The van der Waals surface area contributed by atoms with Gasteiger partial charge in [0.25, 0.3) is 0 Å². The predicted molar refractivity (Wildman–Crippen MR) is 70.0 cm³/mol. The van der Waals surface area contributed by atoms with Gasteiger partial charge in [-0.25, -0.2) is 18.1 Å². The van der Waals surface area contributed by atoms with E-state index in [-0.39, 0.29) is 11.0 Å². The second-order valence-electron chi connectivity index (χ2n) is 3.87. The molecule has 3 N–H and O–H groups in total. The second kappa shape index (κ2) is 5.56. The molecule has 17 heavy (non-hydrogen) atoms. The molecule has 1 heterocycles. The number of sulfonamides is 1. The highest BCUT2D eigenvalue weighted by Crippen LogP contribution is 2.02. The molecule has 8 heteroatoms. The van der Waals surface area contributed by atoms with E-state index in [1.165, 1.54) is 6.92 Å². The Morgan fingerprint density at radius 3 is 2.71 bits per heavy atom. The first-order valence-corrected chi connectivity index (χ1v) is 7.04. The molecule has 0 amide bonds. The molecule has 0 radical (unpaired) electrons. The van der Waals surface area contributed by atoms with E-state index in [9.17, 15) is 8.42 Å². The van der Waals surface area contributed by atoms with Crippen LogP contribution in [0.15, 0.2) is 18.7 Å². The van der Waals surface area contributed by atoms with Crippen molar-refractivity contribution in [1.82, 2.24) is 14.3 Å². The third kappa shape index (κ3) is 4.06.